The normalized spacial score (nSPS) is 33.5. The minimum absolute atomic E-state index is 1.02. The number of nitrogens with zero attached hydrogens (tertiary/aromatic N) is 1. The lowest BCUT2D eigenvalue weighted by molar-refractivity contribution is 0.261. The van der Waals surface area contributed by atoms with Crippen LogP contribution in [0.5, 0.6) is 0 Å². The maximum atomic E-state index is 4.42. The van der Waals surface area contributed by atoms with E-state index < -0.39 is 0 Å². The van der Waals surface area contributed by atoms with Crippen molar-refractivity contribution in [2.45, 2.75) is 25.7 Å². The number of rotatable bonds is 1. The molecular formula is C10H18NS. The second-order valence-corrected chi connectivity index (χ2v) is 5.14. The van der Waals surface area contributed by atoms with Crippen molar-refractivity contribution >= 4 is 11.8 Å². The summed E-state index contributed by atoms with van der Waals surface area (Å²) in [6.07, 6.45) is 5.72. The lowest BCUT2D eigenvalue weighted by Crippen LogP contribution is -2.30. The van der Waals surface area contributed by atoms with Crippen LogP contribution in [0.4, 0.5) is 0 Å². The molecule has 1 radical (unpaired) electrons. The van der Waals surface area contributed by atoms with Gasteiger partial charge in [-0.2, -0.15) is 11.8 Å². The molecule has 0 spiro atoms. The van der Waals surface area contributed by atoms with E-state index in [1.54, 1.807) is 0 Å². The third kappa shape index (κ3) is 2.17. The van der Waals surface area contributed by atoms with Crippen LogP contribution in [0.15, 0.2) is 0 Å². The molecule has 1 atom stereocenters. The van der Waals surface area contributed by atoms with Gasteiger partial charge in [-0.15, -0.1) is 0 Å². The van der Waals surface area contributed by atoms with E-state index in [2.05, 4.69) is 17.1 Å². The largest absolute Gasteiger partial charge is 0.242 e. The monoisotopic (exact) mass is 184 g/mol. The molecule has 0 aromatic carbocycles. The predicted octanol–water partition coefficient (Wildman–Crippen LogP) is 2.14. The molecule has 2 saturated heterocycles. The van der Waals surface area contributed by atoms with Crippen molar-refractivity contribution in [2.75, 3.05) is 24.6 Å². The molecule has 1 unspecified atom stereocenters. The first-order valence-corrected chi connectivity index (χ1v) is 6.33. The molecular weight excluding hydrogens is 166 g/mol. The van der Waals surface area contributed by atoms with E-state index in [1.165, 1.54) is 37.2 Å². The fourth-order valence-corrected chi connectivity index (χ4v) is 3.66. The van der Waals surface area contributed by atoms with Crippen LogP contribution < -0.4 is 5.32 Å². The summed E-state index contributed by atoms with van der Waals surface area (Å²) >= 11 is 2.17. The van der Waals surface area contributed by atoms with Crippen LogP contribution in [0.25, 0.3) is 0 Å². The minimum Gasteiger partial charge on any atom is -0.242 e. The molecule has 0 N–H and O–H groups in total. The van der Waals surface area contributed by atoms with Gasteiger partial charge in [0.15, 0.2) is 0 Å². The van der Waals surface area contributed by atoms with Crippen molar-refractivity contribution in [1.82, 2.24) is 5.32 Å². The zero-order valence-corrected chi connectivity index (χ0v) is 8.48. The third-order valence-corrected chi connectivity index (χ3v) is 4.42. The lowest BCUT2D eigenvalue weighted by Gasteiger charge is -2.32. The first-order valence-electron chi connectivity index (χ1n) is 5.18. The van der Waals surface area contributed by atoms with Crippen LogP contribution in [-0.2, 0) is 0 Å². The van der Waals surface area contributed by atoms with Crippen molar-refractivity contribution in [3.8, 4) is 0 Å². The second kappa shape index (κ2) is 4.52. The summed E-state index contributed by atoms with van der Waals surface area (Å²) in [5.74, 6) is 4.91. The van der Waals surface area contributed by atoms with Gasteiger partial charge in [0.05, 0.1) is 0 Å². The SMILES string of the molecule is C1CSCC(C2CC[N]CC2)C1. The first-order chi connectivity index (χ1) is 5.97. The van der Waals surface area contributed by atoms with Crippen LogP contribution in [0.2, 0.25) is 0 Å². The fourth-order valence-electron chi connectivity index (χ4n) is 2.38. The van der Waals surface area contributed by atoms with Crippen LogP contribution in [0.3, 0.4) is 0 Å². The van der Waals surface area contributed by atoms with Gasteiger partial charge in [-0.05, 0) is 49.0 Å². The smallest absolute Gasteiger partial charge is 0.0136 e. The highest BCUT2D eigenvalue weighted by Gasteiger charge is 2.25. The predicted molar refractivity (Wildman–Crippen MR) is 54.6 cm³/mol. The van der Waals surface area contributed by atoms with Gasteiger partial charge in [-0.3, -0.25) is 0 Å². The molecule has 1 nitrogen and oxygen atoms in total. The van der Waals surface area contributed by atoms with Crippen molar-refractivity contribution in [3.63, 3.8) is 0 Å². The highest BCUT2D eigenvalue weighted by Crippen LogP contribution is 2.33. The summed E-state index contributed by atoms with van der Waals surface area (Å²) in [5.41, 5.74) is 0. The Morgan fingerprint density at radius 2 is 1.83 bits per heavy atom. The number of hydrogen-bond donors (Lipinski definition) is 0. The van der Waals surface area contributed by atoms with Crippen LogP contribution in [-0.4, -0.2) is 24.6 Å². The van der Waals surface area contributed by atoms with Gasteiger partial charge in [-0.25, -0.2) is 5.32 Å². The molecule has 0 amide bonds. The zero-order valence-electron chi connectivity index (χ0n) is 7.67. The molecule has 2 aliphatic rings. The summed E-state index contributed by atoms with van der Waals surface area (Å²) in [6, 6.07) is 0. The Balaban J connectivity index is 1.80. The summed E-state index contributed by atoms with van der Waals surface area (Å²) in [4.78, 5) is 0. The number of hydrogen-bond acceptors (Lipinski definition) is 1. The summed E-state index contributed by atoms with van der Waals surface area (Å²) < 4.78 is 0. The molecule has 2 aliphatic heterocycles. The van der Waals surface area contributed by atoms with Gasteiger partial charge < -0.3 is 0 Å². The highest BCUT2D eigenvalue weighted by molar-refractivity contribution is 7.99. The lowest BCUT2D eigenvalue weighted by atomic mass is 9.83. The maximum Gasteiger partial charge on any atom is 0.0136 e. The van der Waals surface area contributed by atoms with Gasteiger partial charge >= 0.3 is 0 Å². The Labute approximate surface area is 79.7 Å². The molecule has 2 rings (SSSR count). The van der Waals surface area contributed by atoms with E-state index in [0.29, 0.717) is 0 Å². The van der Waals surface area contributed by atoms with Crippen molar-refractivity contribution in [3.05, 3.63) is 0 Å². The van der Waals surface area contributed by atoms with Gasteiger partial charge in [0.1, 0.15) is 0 Å². The Hall–Kier alpha value is 0.310. The van der Waals surface area contributed by atoms with E-state index in [-0.39, 0.29) is 0 Å². The molecule has 69 valence electrons. The van der Waals surface area contributed by atoms with E-state index in [9.17, 15) is 0 Å². The molecule has 12 heavy (non-hydrogen) atoms. The molecule has 2 heteroatoms. The van der Waals surface area contributed by atoms with E-state index in [1.807, 2.05) is 0 Å². The summed E-state index contributed by atoms with van der Waals surface area (Å²) in [7, 11) is 0. The molecule has 2 fully saturated rings. The zero-order chi connectivity index (χ0) is 8.23. The average molecular weight is 184 g/mol. The minimum atomic E-state index is 1.02. The van der Waals surface area contributed by atoms with E-state index in [4.69, 9.17) is 0 Å². The van der Waals surface area contributed by atoms with Crippen LogP contribution >= 0.6 is 11.8 Å². The van der Waals surface area contributed by atoms with Crippen LogP contribution in [0.1, 0.15) is 25.7 Å². The van der Waals surface area contributed by atoms with E-state index >= 15 is 0 Å². The van der Waals surface area contributed by atoms with Gasteiger partial charge in [0.2, 0.25) is 0 Å². The van der Waals surface area contributed by atoms with Crippen molar-refractivity contribution in [2.24, 2.45) is 11.8 Å². The maximum absolute atomic E-state index is 4.42. The Kier molecular flexibility index (Phi) is 3.35. The standard InChI is InChI=1S/C10H18NS/c1-2-10(8-12-7-1)9-3-5-11-6-4-9/h9-10H,1-8H2. The molecule has 0 bridgehead atoms. The molecule has 0 aromatic rings. The molecule has 0 saturated carbocycles. The second-order valence-electron chi connectivity index (χ2n) is 3.99. The molecule has 0 aliphatic carbocycles. The molecule has 2 heterocycles. The Morgan fingerprint density at radius 3 is 2.50 bits per heavy atom. The van der Waals surface area contributed by atoms with Gasteiger partial charge in [0.25, 0.3) is 0 Å². The Bertz CT molecular complexity index is 110. The Morgan fingerprint density at radius 1 is 1.00 bits per heavy atom. The summed E-state index contributed by atoms with van der Waals surface area (Å²) in [5, 5.41) is 4.42. The van der Waals surface area contributed by atoms with Gasteiger partial charge in [-0.1, -0.05) is 0 Å². The number of piperidine rings is 1. The van der Waals surface area contributed by atoms with Crippen molar-refractivity contribution in [1.29, 1.82) is 0 Å². The third-order valence-electron chi connectivity index (χ3n) is 3.18. The summed E-state index contributed by atoms with van der Waals surface area (Å²) in [6.45, 7) is 2.29. The van der Waals surface area contributed by atoms with Crippen LogP contribution in [0, 0.1) is 11.8 Å². The fraction of sp³-hybridized carbons (Fsp3) is 1.00. The highest BCUT2D eigenvalue weighted by atomic mass is 32.2. The topological polar surface area (TPSA) is 14.1 Å². The number of thioether (sulfide) groups is 1. The quantitative estimate of drug-likeness (QED) is 0.609. The molecule has 0 aromatic heterocycles. The van der Waals surface area contributed by atoms with E-state index in [0.717, 1.165) is 24.9 Å². The average Bonchev–Trinajstić information content (AvgIpc) is 2.21. The van der Waals surface area contributed by atoms with Gasteiger partial charge in [0, 0.05) is 13.1 Å². The first kappa shape index (κ1) is 8.89. The van der Waals surface area contributed by atoms with Crippen molar-refractivity contribution < 1.29 is 0 Å².